The van der Waals surface area contributed by atoms with Crippen LogP contribution in [0.3, 0.4) is 0 Å². The molecule has 0 amide bonds. The molecule has 0 atom stereocenters. The highest BCUT2D eigenvalue weighted by Crippen LogP contribution is 2.35. The zero-order valence-corrected chi connectivity index (χ0v) is 17.4. The Bertz CT molecular complexity index is 1110. The molecule has 1 N–H and O–H groups in total. The molecule has 2 heterocycles. The second-order valence-electron chi connectivity index (χ2n) is 7.52. The van der Waals surface area contributed by atoms with Crippen LogP contribution in [-0.2, 0) is 0 Å². The monoisotopic (exact) mass is 422 g/mol. The molecule has 31 heavy (non-hydrogen) atoms. The predicted octanol–water partition coefficient (Wildman–Crippen LogP) is 4.21. The van der Waals surface area contributed by atoms with E-state index in [0.717, 1.165) is 16.8 Å². The Morgan fingerprint density at radius 3 is 2.45 bits per heavy atom. The van der Waals surface area contributed by atoms with Crippen molar-refractivity contribution in [2.75, 3.05) is 41.3 Å². The van der Waals surface area contributed by atoms with E-state index in [-0.39, 0.29) is 23.1 Å². The zero-order chi connectivity index (χ0) is 22.0. The number of nitro groups is 1. The Hall–Kier alpha value is -3.75. The third-order valence-electron chi connectivity index (χ3n) is 5.40. The van der Waals surface area contributed by atoms with Crippen molar-refractivity contribution in [1.82, 2.24) is 9.97 Å². The lowest BCUT2D eigenvalue weighted by Gasteiger charge is -2.36. The van der Waals surface area contributed by atoms with Gasteiger partial charge in [0.25, 0.3) is 0 Å². The van der Waals surface area contributed by atoms with Crippen LogP contribution in [0.2, 0.25) is 0 Å². The molecule has 1 aliphatic rings. The molecule has 160 valence electrons. The van der Waals surface area contributed by atoms with Gasteiger partial charge in [0, 0.05) is 31.9 Å². The van der Waals surface area contributed by atoms with Crippen LogP contribution in [0.5, 0.6) is 0 Å². The van der Waals surface area contributed by atoms with Crippen molar-refractivity contribution in [2.24, 2.45) is 0 Å². The van der Waals surface area contributed by atoms with Gasteiger partial charge in [0.15, 0.2) is 0 Å². The molecule has 4 rings (SSSR count). The zero-order valence-electron chi connectivity index (χ0n) is 17.4. The average molecular weight is 422 g/mol. The van der Waals surface area contributed by atoms with Gasteiger partial charge < -0.3 is 15.1 Å². The highest BCUT2D eigenvalue weighted by Gasteiger charge is 2.30. The minimum Gasteiger partial charge on any atom is -0.366 e. The number of aryl methyl sites for hydroxylation is 2. The number of benzene rings is 2. The molecular weight excluding hydrogens is 399 g/mol. The van der Waals surface area contributed by atoms with E-state index in [4.69, 9.17) is 0 Å². The first-order valence-electron chi connectivity index (χ1n) is 10.0. The first-order valence-corrected chi connectivity index (χ1v) is 10.0. The van der Waals surface area contributed by atoms with Crippen LogP contribution in [0.1, 0.15) is 11.1 Å². The summed E-state index contributed by atoms with van der Waals surface area (Å²) in [4.78, 5) is 23.7. The fourth-order valence-electron chi connectivity index (χ4n) is 3.73. The van der Waals surface area contributed by atoms with Crippen molar-refractivity contribution in [3.8, 4) is 0 Å². The number of hydrogen-bond acceptors (Lipinski definition) is 7. The normalized spacial score (nSPS) is 13.9. The number of nitrogens with one attached hydrogen (secondary N) is 1. The maximum atomic E-state index is 14.1. The summed E-state index contributed by atoms with van der Waals surface area (Å²) in [7, 11) is 0. The molecule has 1 saturated heterocycles. The van der Waals surface area contributed by atoms with E-state index >= 15 is 0 Å². The summed E-state index contributed by atoms with van der Waals surface area (Å²) in [5, 5.41) is 15.1. The quantitative estimate of drug-likeness (QED) is 0.487. The second-order valence-corrected chi connectivity index (χ2v) is 7.52. The molecule has 0 spiro atoms. The highest BCUT2D eigenvalue weighted by molar-refractivity contribution is 5.75. The molecule has 0 bridgehead atoms. The summed E-state index contributed by atoms with van der Waals surface area (Å²) in [5.74, 6) is 0.144. The molecular formula is C22H23FN6O2. The van der Waals surface area contributed by atoms with Crippen LogP contribution in [0.15, 0.2) is 48.8 Å². The SMILES string of the molecule is Cc1ccc(C)c(Nc2ncnc(N3CCN(c4ccccc4F)CC3)c2[N+](=O)[O-])c1. The van der Waals surface area contributed by atoms with E-state index in [1.54, 1.807) is 18.2 Å². The van der Waals surface area contributed by atoms with E-state index in [2.05, 4.69) is 15.3 Å². The molecule has 0 saturated carbocycles. The summed E-state index contributed by atoms with van der Waals surface area (Å²) in [6.07, 6.45) is 1.33. The standard InChI is InChI=1S/C22H23FN6O2/c1-15-7-8-16(2)18(13-15)26-21-20(29(30)31)22(25-14-24-21)28-11-9-27(10-12-28)19-6-4-3-5-17(19)23/h3-8,13-14H,9-12H2,1-2H3,(H,24,25,26). The molecule has 8 nitrogen and oxygen atoms in total. The van der Waals surface area contributed by atoms with Crippen molar-refractivity contribution in [3.63, 3.8) is 0 Å². The number of para-hydroxylation sites is 1. The van der Waals surface area contributed by atoms with E-state index in [1.165, 1.54) is 12.4 Å². The molecule has 1 aliphatic heterocycles. The van der Waals surface area contributed by atoms with Crippen LogP contribution in [0.4, 0.5) is 33.1 Å². The van der Waals surface area contributed by atoms with Gasteiger partial charge in [0.1, 0.15) is 12.1 Å². The minimum absolute atomic E-state index is 0.153. The largest absolute Gasteiger partial charge is 0.366 e. The maximum Gasteiger partial charge on any atom is 0.353 e. The van der Waals surface area contributed by atoms with Gasteiger partial charge in [-0.15, -0.1) is 0 Å². The molecule has 2 aromatic carbocycles. The number of nitrogens with zero attached hydrogens (tertiary/aromatic N) is 5. The van der Waals surface area contributed by atoms with Crippen LogP contribution in [0.25, 0.3) is 0 Å². The van der Waals surface area contributed by atoms with Crippen molar-refractivity contribution in [1.29, 1.82) is 0 Å². The number of piperazine rings is 1. The number of anilines is 4. The predicted molar refractivity (Wildman–Crippen MR) is 119 cm³/mol. The van der Waals surface area contributed by atoms with Gasteiger partial charge >= 0.3 is 5.69 Å². The van der Waals surface area contributed by atoms with Crippen LogP contribution in [0, 0.1) is 29.8 Å². The fraction of sp³-hybridized carbons (Fsp3) is 0.273. The molecule has 1 fully saturated rings. The summed E-state index contributed by atoms with van der Waals surface area (Å²) < 4.78 is 14.1. The van der Waals surface area contributed by atoms with Gasteiger partial charge in [-0.05, 0) is 43.2 Å². The van der Waals surface area contributed by atoms with Crippen molar-refractivity contribution in [2.45, 2.75) is 13.8 Å². The van der Waals surface area contributed by atoms with Gasteiger partial charge in [-0.2, -0.15) is 0 Å². The van der Waals surface area contributed by atoms with Crippen molar-refractivity contribution < 1.29 is 9.31 Å². The Labute approximate surface area is 179 Å². The smallest absolute Gasteiger partial charge is 0.353 e. The molecule has 0 radical (unpaired) electrons. The Kier molecular flexibility index (Phi) is 5.66. The molecule has 9 heteroatoms. The highest BCUT2D eigenvalue weighted by atomic mass is 19.1. The van der Waals surface area contributed by atoms with Gasteiger partial charge in [-0.3, -0.25) is 10.1 Å². The topological polar surface area (TPSA) is 87.4 Å². The van der Waals surface area contributed by atoms with Gasteiger partial charge in [-0.1, -0.05) is 24.3 Å². The molecule has 0 unspecified atom stereocenters. The number of hydrogen-bond donors (Lipinski definition) is 1. The van der Waals surface area contributed by atoms with Gasteiger partial charge in [0.05, 0.1) is 10.6 Å². The van der Waals surface area contributed by atoms with E-state index in [1.807, 2.05) is 41.8 Å². The average Bonchev–Trinajstić information content (AvgIpc) is 2.76. The van der Waals surface area contributed by atoms with E-state index in [9.17, 15) is 14.5 Å². The van der Waals surface area contributed by atoms with Gasteiger partial charge in [-0.25, -0.2) is 14.4 Å². The Morgan fingerprint density at radius 2 is 1.74 bits per heavy atom. The van der Waals surface area contributed by atoms with Crippen molar-refractivity contribution in [3.05, 3.63) is 75.9 Å². The van der Waals surface area contributed by atoms with E-state index < -0.39 is 4.92 Å². The van der Waals surface area contributed by atoms with Crippen molar-refractivity contribution >= 4 is 28.7 Å². The van der Waals surface area contributed by atoms with Crippen LogP contribution in [-0.4, -0.2) is 41.1 Å². The number of aromatic nitrogens is 2. The second kappa shape index (κ2) is 8.55. The Morgan fingerprint density at radius 1 is 1.03 bits per heavy atom. The van der Waals surface area contributed by atoms with Crippen LogP contribution >= 0.6 is 0 Å². The first-order chi connectivity index (χ1) is 14.9. The first kappa shape index (κ1) is 20.5. The molecule has 1 aromatic heterocycles. The van der Waals surface area contributed by atoms with Gasteiger partial charge in [0.2, 0.25) is 11.6 Å². The molecule has 3 aromatic rings. The summed E-state index contributed by atoms with van der Waals surface area (Å²) in [6, 6.07) is 12.5. The third-order valence-corrected chi connectivity index (χ3v) is 5.40. The summed E-state index contributed by atoms with van der Waals surface area (Å²) >= 11 is 0. The minimum atomic E-state index is -0.452. The summed E-state index contributed by atoms with van der Waals surface area (Å²) in [6.45, 7) is 5.91. The van der Waals surface area contributed by atoms with Crippen LogP contribution < -0.4 is 15.1 Å². The fourth-order valence-corrected chi connectivity index (χ4v) is 3.73. The van der Waals surface area contributed by atoms with E-state index in [0.29, 0.717) is 31.9 Å². The summed E-state index contributed by atoms with van der Waals surface area (Å²) in [5.41, 5.74) is 3.13. The lowest BCUT2D eigenvalue weighted by Crippen LogP contribution is -2.47. The lowest BCUT2D eigenvalue weighted by molar-refractivity contribution is -0.383. The third kappa shape index (κ3) is 4.25. The Balaban J connectivity index is 1.59. The number of halogens is 1. The maximum absolute atomic E-state index is 14.1. The molecule has 0 aliphatic carbocycles. The number of rotatable bonds is 5. The lowest BCUT2D eigenvalue weighted by atomic mass is 10.1.